The van der Waals surface area contributed by atoms with E-state index in [2.05, 4.69) is 18.7 Å². The van der Waals surface area contributed by atoms with E-state index >= 15 is 0 Å². The Bertz CT molecular complexity index is 454. The molecule has 0 bridgehead atoms. The summed E-state index contributed by atoms with van der Waals surface area (Å²) in [6.07, 6.45) is 0.751. The zero-order valence-corrected chi connectivity index (χ0v) is 13.7. The van der Waals surface area contributed by atoms with E-state index in [4.69, 9.17) is 9.47 Å². The Morgan fingerprint density at radius 1 is 1.18 bits per heavy atom. The molecule has 5 nitrogen and oxygen atoms in total. The number of nitrogens with zero attached hydrogens (tertiary/aromatic N) is 2. The van der Waals surface area contributed by atoms with Crippen molar-refractivity contribution >= 4 is 6.09 Å². The lowest BCUT2D eigenvalue weighted by Crippen LogP contribution is -2.58. The predicted molar refractivity (Wildman–Crippen MR) is 86.2 cm³/mol. The van der Waals surface area contributed by atoms with Crippen LogP contribution in [0, 0.1) is 0 Å². The lowest BCUT2D eigenvalue weighted by Gasteiger charge is -2.43. The average Bonchev–Trinajstić information content (AvgIpc) is 2.51. The monoisotopic (exact) mass is 306 g/mol. The van der Waals surface area contributed by atoms with Gasteiger partial charge in [-0.05, 0) is 32.4 Å². The minimum atomic E-state index is -0.263. The van der Waals surface area contributed by atoms with Crippen LogP contribution in [0.15, 0.2) is 30.3 Å². The molecule has 0 spiro atoms. The van der Waals surface area contributed by atoms with Crippen LogP contribution in [-0.2, 0) is 4.74 Å². The van der Waals surface area contributed by atoms with E-state index in [1.165, 1.54) is 0 Å². The van der Waals surface area contributed by atoms with Crippen molar-refractivity contribution in [2.45, 2.75) is 32.4 Å². The summed E-state index contributed by atoms with van der Waals surface area (Å²) >= 11 is 0. The fourth-order valence-corrected chi connectivity index (χ4v) is 2.99. The predicted octanol–water partition coefficient (Wildman–Crippen LogP) is 2.62. The van der Waals surface area contributed by atoms with Crippen molar-refractivity contribution in [2.24, 2.45) is 0 Å². The van der Waals surface area contributed by atoms with Gasteiger partial charge in [-0.25, -0.2) is 4.79 Å². The molecule has 0 radical (unpaired) electrons. The average molecular weight is 306 g/mol. The number of hydrogen-bond donors (Lipinski definition) is 0. The summed E-state index contributed by atoms with van der Waals surface area (Å²) in [5.74, 6) is 0.593. The van der Waals surface area contributed by atoms with E-state index in [1.54, 1.807) is 24.1 Å². The standard InChI is InChI=1S/C17H26N2O3/c1-14-12-18(13-15(2)19(14)10-7-11-21-3)17(20)22-16-8-5-4-6-9-16/h4-6,8-9,14-15H,7,10-13H2,1-3H3. The highest BCUT2D eigenvalue weighted by Gasteiger charge is 2.32. The van der Waals surface area contributed by atoms with Crippen LogP contribution in [-0.4, -0.2) is 61.3 Å². The van der Waals surface area contributed by atoms with Crippen LogP contribution in [0.4, 0.5) is 4.79 Å². The second kappa shape index (κ2) is 8.15. The Labute approximate surface area is 132 Å². The fourth-order valence-electron chi connectivity index (χ4n) is 2.99. The lowest BCUT2D eigenvalue weighted by molar-refractivity contribution is 0.0370. The van der Waals surface area contributed by atoms with E-state index < -0.39 is 0 Å². The molecule has 1 amide bonds. The van der Waals surface area contributed by atoms with Crippen LogP contribution in [0.25, 0.3) is 0 Å². The van der Waals surface area contributed by atoms with E-state index in [-0.39, 0.29) is 6.09 Å². The molecule has 1 aromatic carbocycles. The maximum Gasteiger partial charge on any atom is 0.415 e. The summed E-state index contributed by atoms with van der Waals surface area (Å²) in [5.41, 5.74) is 0. The molecule has 122 valence electrons. The van der Waals surface area contributed by atoms with E-state index in [9.17, 15) is 4.79 Å². The van der Waals surface area contributed by atoms with Crippen LogP contribution in [0.1, 0.15) is 20.3 Å². The van der Waals surface area contributed by atoms with Crippen molar-refractivity contribution in [1.29, 1.82) is 0 Å². The number of methoxy groups -OCH3 is 1. The van der Waals surface area contributed by atoms with Crippen LogP contribution in [0.3, 0.4) is 0 Å². The molecule has 1 saturated heterocycles. The molecule has 2 unspecified atom stereocenters. The van der Waals surface area contributed by atoms with Crippen molar-refractivity contribution in [3.05, 3.63) is 30.3 Å². The van der Waals surface area contributed by atoms with E-state index in [0.29, 0.717) is 30.9 Å². The van der Waals surface area contributed by atoms with E-state index in [1.807, 2.05) is 18.2 Å². The Kier molecular flexibility index (Phi) is 6.21. The SMILES string of the molecule is COCCCN1C(C)CN(C(=O)Oc2ccccc2)CC1C. The molecule has 0 saturated carbocycles. The lowest BCUT2D eigenvalue weighted by atomic mass is 10.1. The number of rotatable bonds is 5. The summed E-state index contributed by atoms with van der Waals surface area (Å²) < 4.78 is 10.6. The van der Waals surface area contributed by atoms with Gasteiger partial charge in [0.25, 0.3) is 0 Å². The molecular weight excluding hydrogens is 280 g/mol. The van der Waals surface area contributed by atoms with Crippen molar-refractivity contribution in [1.82, 2.24) is 9.80 Å². The summed E-state index contributed by atoms with van der Waals surface area (Å²) in [5, 5.41) is 0. The van der Waals surface area contributed by atoms with E-state index in [0.717, 1.165) is 19.6 Å². The van der Waals surface area contributed by atoms with Gasteiger partial charge in [0.2, 0.25) is 0 Å². The molecule has 2 rings (SSSR count). The first-order valence-electron chi connectivity index (χ1n) is 7.88. The van der Waals surface area contributed by atoms with Gasteiger partial charge in [0.15, 0.2) is 0 Å². The van der Waals surface area contributed by atoms with Crippen molar-refractivity contribution in [2.75, 3.05) is 33.4 Å². The quantitative estimate of drug-likeness (QED) is 0.784. The Balaban J connectivity index is 1.88. The Morgan fingerprint density at radius 3 is 2.41 bits per heavy atom. The first-order chi connectivity index (χ1) is 10.6. The van der Waals surface area contributed by atoms with Gasteiger partial charge >= 0.3 is 6.09 Å². The number of piperazine rings is 1. The van der Waals surface area contributed by atoms with Gasteiger partial charge in [0, 0.05) is 45.4 Å². The van der Waals surface area contributed by atoms with Gasteiger partial charge in [0.05, 0.1) is 0 Å². The number of carbonyl (C=O) groups excluding carboxylic acids is 1. The molecule has 1 heterocycles. The van der Waals surface area contributed by atoms with Crippen LogP contribution >= 0.6 is 0 Å². The molecule has 1 aliphatic heterocycles. The molecule has 2 atom stereocenters. The zero-order chi connectivity index (χ0) is 15.9. The molecule has 1 fully saturated rings. The number of hydrogen-bond acceptors (Lipinski definition) is 4. The van der Waals surface area contributed by atoms with Gasteiger partial charge in [0.1, 0.15) is 5.75 Å². The van der Waals surface area contributed by atoms with Crippen LogP contribution in [0.5, 0.6) is 5.75 Å². The summed E-state index contributed by atoms with van der Waals surface area (Å²) in [7, 11) is 1.73. The van der Waals surface area contributed by atoms with Crippen molar-refractivity contribution in [3.8, 4) is 5.75 Å². The molecule has 0 aromatic heterocycles. The third-order valence-corrected chi connectivity index (χ3v) is 4.07. The normalized spacial score (nSPS) is 22.6. The number of benzene rings is 1. The first kappa shape index (κ1) is 16.8. The van der Waals surface area contributed by atoms with Crippen LogP contribution in [0.2, 0.25) is 0 Å². The molecule has 1 aromatic rings. The minimum Gasteiger partial charge on any atom is -0.410 e. The Morgan fingerprint density at radius 2 is 1.82 bits per heavy atom. The number of amides is 1. The highest BCUT2D eigenvalue weighted by atomic mass is 16.6. The molecular formula is C17H26N2O3. The van der Waals surface area contributed by atoms with Crippen molar-refractivity contribution in [3.63, 3.8) is 0 Å². The largest absolute Gasteiger partial charge is 0.415 e. The third kappa shape index (κ3) is 4.45. The smallest absolute Gasteiger partial charge is 0.410 e. The molecule has 5 heteroatoms. The minimum absolute atomic E-state index is 0.263. The topological polar surface area (TPSA) is 42.0 Å². The molecule has 0 N–H and O–H groups in total. The van der Waals surface area contributed by atoms with Gasteiger partial charge in [-0.3, -0.25) is 4.90 Å². The second-order valence-electron chi connectivity index (χ2n) is 5.87. The number of carbonyl (C=O) groups is 1. The molecule has 22 heavy (non-hydrogen) atoms. The first-order valence-corrected chi connectivity index (χ1v) is 7.88. The zero-order valence-electron chi connectivity index (χ0n) is 13.7. The van der Waals surface area contributed by atoms with Gasteiger partial charge in [-0.1, -0.05) is 18.2 Å². The maximum absolute atomic E-state index is 12.3. The van der Waals surface area contributed by atoms with Gasteiger partial charge in [-0.15, -0.1) is 0 Å². The van der Waals surface area contributed by atoms with Gasteiger partial charge < -0.3 is 14.4 Å². The summed E-state index contributed by atoms with van der Waals surface area (Å²) in [6, 6.07) is 9.87. The summed E-state index contributed by atoms with van der Waals surface area (Å²) in [6.45, 7) is 7.48. The van der Waals surface area contributed by atoms with Crippen LogP contribution < -0.4 is 4.74 Å². The Hall–Kier alpha value is -1.59. The highest BCUT2D eigenvalue weighted by molar-refractivity contribution is 5.70. The number of para-hydroxylation sites is 1. The maximum atomic E-state index is 12.3. The highest BCUT2D eigenvalue weighted by Crippen LogP contribution is 2.18. The van der Waals surface area contributed by atoms with Gasteiger partial charge in [-0.2, -0.15) is 0 Å². The third-order valence-electron chi connectivity index (χ3n) is 4.07. The summed E-state index contributed by atoms with van der Waals surface area (Å²) in [4.78, 5) is 16.5. The fraction of sp³-hybridized carbons (Fsp3) is 0.588. The second-order valence-corrected chi connectivity index (χ2v) is 5.87. The molecule has 0 aliphatic carbocycles. The molecule has 1 aliphatic rings. The number of ether oxygens (including phenoxy) is 2. The van der Waals surface area contributed by atoms with Crippen molar-refractivity contribution < 1.29 is 14.3 Å².